The summed E-state index contributed by atoms with van der Waals surface area (Å²) in [6.07, 6.45) is 8.31. The Morgan fingerprint density at radius 2 is 2.06 bits per heavy atom. The first-order chi connectivity index (χ1) is 7.63. The Kier molecular flexibility index (Phi) is 2.29. The Hall–Kier alpha value is -0.570. The fourth-order valence-electron chi connectivity index (χ4n) is 4.86. The second kappa shape index (κ2) is 3.46. The maximum Gasteiger partial charge on any atom is 0.220 e. The van der Waals surface area contributed by atoms with Crippen molar-refractivity contribution in [2.75, 3.05) is 0 Å². The zero-order chi connectivity index (χ0) is 11.3. The van der Waals surface area contributed by atoms with Gasteiger partial charge in [-0.05, 0) is 55.8 Å². The van der Waals surface area contributed by atoms with Crippen LogP contribution in [0.5, 0.6) is 0 Å². The highest BCUT2D eigenvalue weighted by Crippen LogP contribution is 2.61. The van der Waals surface area contributed by atoms with E-state index >= 15 is 0 Å². The van der Waals surface area contributed by atoms with E-state index in [0.29, 0.717) is 6.04 Å². The highest BCUT2D eigenvalue weighted by Gasteiger charge is 2.57. The van der Waals surface area contributed by atoms with Crippen molar-refractivity contribution in [3.05, 3.63) is 0 Å². The molecule has 90 valence electrons. The number of amides is 1. The van der Waals surface area contributed by atoms with Crippen LogP contribution in [0.3, 0.4) is 0 Å². The maximum absolute atomic E-state index is 11.4. The SMILES string of the molecule is NC(=O)C1CCCC2(C1)C1CCC(C1)C2N. The largest absolute Gasteiger partial charge is 0.369 e. The molecule has 3 heteroatoms. The second-order valence-electron chi connectivity index (χ2n) is 6.22. The Morgan fingerprint density at radius 3 is 2.69 bits per heavy atom. The van der Waals surface area contributed by atoms with Crippen LogP contribution in [0.25, 0.3) is 0 Å². The highest BCUT2D eigenvalue weighted by molar-refractivity contribution is 5.76. The van der Waals surface area contributed by atoms with Crippen molar-refractivity contribution >= 4 is 5.91 Å². The van der Waals surface area contributed by atoms with Gasteiger partial charge in [0.1, 0.15) is 0 Å². The molecule has 0 saturated heterocycles. The molecule has 0 aromatic carbocycles. The van der Waals surface area contributed by atoms with Crippen LogP contribution in [0.15, 0.2) is 0 Å². The van der Waals surface area contributed by atoms with Gasteiger partial charge in [-0.25, -0.2) is 0 Å². The average molecular weight is 222 g/mol. The molecule has 4 N–H and O–H groups in total. The summed E-state index contributed by atoms with van der Waals surface area (Å²) in [5.74, 6) is 1.51. The van der Waals surface area contributed by atoms with Gasteiger partial charge in [-0.15, -0.1) is 0 Å². The number of nitrogens with two attached hydrogens (primary N) is 2. The molecule has 0 aliphatic heterocycles. The maximum atomic E-state index is 11.4. The molecule has 3 saturated carbocycles. The molecule has 0 aromatic rings. The zero-order valence-electron chi connectivity index (χ0n) is 9.82. The van der Waals surface area contributed by atoms with E-state index in [1.54, 1.807) is 0 Å². The van der Waals surface area contributed by atoms with Crippen molar-refractivity contribution in [1.29, 1.82) is 0 Å². The third-order valence-electron chi connectivity index (χ3n) is 5.68. The molecule has 2 bridgehead atoms. The molecule has 16 heavy (non-hydrogen) atoms. The minimum Gasteiger partial charge on any atom is -0.369 e. The third-order valence-corrected chi connectivity index (χ3v) is 5.68. The van der Waals surface area contributed by atoms with Gasteiger partial charge in [0, 0.05) is 12.0 Å². The van der Waals surface area contributed by atoms with E-state index in [-0.39, 0.29) is 17.2 Å². The first kappa shape index (κ1) is 10.6. The minimum absolute atomic E-state index is 0.0964. The molecule has 3 rings (SSSR count). The molecule has 1 amide bonds. The number of rotatable bonds is 1. The number of primary amides is 1. The quantitative estimate of drug-likeness (QED) is 0.704. The van der Waals surface area contributed by atoms with Gasteiger partial charge in [0.05, 0.1) is 0 Å². The molecule has 3 fully saturated rings. The van der Waals surface area contributed by atoms with Crippen molar-refractivity contribution in [3.8, 4) is 0 Å². The molecule has 3 aliphatic carbocycles. The van der Waals surface area contributed by atoms with Crippen LogP contribution in [0.1, 0.15) is 44.9 Å². The topological polar surface area (TPSA) is 69.1 Å². The number of fused-ring (bicyclic) bond motifs is 3. The van der Waals surface area contributed by atoms with Crippen molar-refractivity contribution in [2.24, 2.45) is 34.6 Å². The average Bonchev–Trinajstić information content (AvgIpc) is 2.84. The van der Waals surface area contributed by atoms with Crippen LogP contribution in [0, 0.1) is 23.2 Å². The summed E-state index contributed by atoms with van der Waals surface area (Å²) in [7, 11) is 0. The van der Waals surface area contributed by atoms with Crippen LogP contribution in [-0.2, 0) is 4.79 Å². The van der Waals surface area contributed by atoms with Crippen molar-refractivity contribution in [1.82, 2.24) is 0 Å². The van der Waals surface area contributed by atoms with Gasteiger partial charge >= 0.3 is 0 Å². The first-order valence-electron chi connectivity index (χ1n) is 6.68. The Balaban J connectivity index is 1.85. The third kappa shape index (κ3) is 1.27. The summed E-state index contributed by atoms with van der Waals surface area (Å²) in [6, 6.07) is 0.341. The lowest BCUT2D eigenvalue weighted by molar-refractivity contribution is -0.125. The number of carbonyl (C=O) groups excluding carboxylic acids is 1. The molecule has 1 spiro atoms. The second-order valence-corrected chi connectivity index (χ2v) is 6.22. The summed E-state index contributed by atoms with van der Waals surface area (Å²) < 4.78 is 0. The summed E-state index contributed by atoms with van der Waals surface area (Å²) in [5, 5.41) is 0. The Morgan fingerprint density at radius 1 is 1.25 bits per heavy atom. The smallest absolute Gasteiger partial charge is 0.220 e. The summed E-state index contributed by atoms with van der Waals surface area (Å²) in [6.45, 7) is 0. The molecule has 3 aliphatic rings. The molecule has 0 heterocycles. The standard InChI is InChI=1S/C13H22N2O/c14-11-8-3-4-10(6-8)13(11)5-1-2-9(7-13)12(15)16/h8-11H,1-7,14H2,(H2,15,16). The molecule has 0 aromatic heterocycles. The molecule has 5 unspecified atom stereocenters. The van der Waals surface area contributed by atoms with E-state index in [4.69, 9.17) is 11.5 Å². The highest BCUT2D eigenvalue weighted by atomic mass is 16.1. The van der Waals surface area contributed by atoms with Crippen molar-refractivity contribution in [3.63, 3.8) is 0 Å². The van der Waals surface area contributed by atoms with Crippen LogP contribution in [0.4, 0.5) is 0 Å². The minimum atomic E-state index is -0.103. The van der Waals surface area contributed by atoms with Gasteiger partial charge in [0.2, 0.25) is 5.91 Å². The fourth-order valence-corrected chi connectivity index (χ4v) is 4.86. The van der Waals surface area contributed by atoms with Gasteiger partial charge in [-0.1, -0.05) is 6.42 Å². The number of hydrogen-bond acceptors (Lipinski definition) is 2. The van der Waals surface area contributed by atoms with Gasteiger partial charge in [-0.3, -0.25) is 4.79 Å². The molecule has 0 radical (unpaired) electrons. The molecular weight excluding hydrogens is 200 g/mol. The van der Waals surface area contributed by atoms with E-state index in [0.717, 1.165) is 31.1 Å². The normalized spacial score (nSPS) is 51.1. The van der Waals surface area contributed by atoms with E-state index in [2.05, 4.69) is 0 Å². The summed E-state index contributed by atoms with van der Waals surface area (Å²) in [4.78, 5) is 11.4. The summed E-state index contributed by atoms with van der Waals surface area (Å²) >= 11 is 0. The monoisotopic (exact) mass is 222 g/mol. The Bertz CT molecular complexity index is 313. The van der Waals surface area contributed by atoms with Crippen molar-refractivity contribution < 1.29 is 4.79 Å². The van der Waals surface area contributed by atoms with E-state index in [1.807, 2.05) is 0 Å². The van der Waals surface area contributed by atoms with Gasteiger partial charge in [0.15, 0.2) is 0 Å². The van der Waals surface area contributed by atoms with E-state index in [9.17, 15) is 4.79 Å². The van der Waals surface area contributed by atoms with Crippen LogP contribution in [-0.4, -0.2) is 11.9 Å². The number of hydrogen-bond donors (Lipinski definition) is 2. The predicted octanol–water partition coefficient (Wildman–Crippen LogP) is 1.41. The lowest BCUT2D eigenvalue weighted by Gasteiger charge is -2.47. The van der Waals surface area contributed by atoms with E-state index < -0.39 is 0 Å². The lowest BCUT2D eigenvalue weighted by atomic mass is 9.59. The summed E-state index contributed by atoms with van der Waals surface area (Å²) in [5.41, 5.74) is 12.2. The van der Waals surface area contributed by atoms with E-state index in [1.165, 1.54) is 25.7 Å². The van der Waals surface area contributed by atoms with Crippen LogP contribution in [0.2, 0.25) is 0 Å². The fraction of sp³-hybridized carbons (Fsp3) is 0.923. The van der Waals surface area contributed by atoms with Gasteiger partial charge < -0.3 is 11.5 Å². The number of carbonyl (C=O) groups is 1. The zero-order valence-corrected chi connectivity index (χ0v) is 9.82. The van der Waals surface area contributed by atoms with Gasteiger partial charge in [-0.2, -0.15) is 0 Å². The Labute approximate surface area is 96.9 Å². The molecule has 5 atom stereocenters. The molecule has 3 nitrogen and oxygen atoms in total. The van der Waals surface area contributed by atoms with Gasteiger partial charge in [0.25, 0.3) is 0 Å². The van der Waals surface area contributed by atoms with Crippen LogP contribution >= 0.6 is 0 Å². The van der Waals surface area contributed by atoms with Crippen LogP contribution < -0.4 is 11.5 Å². The van der Waals surface area contributed by atoms with Crippen molar-refractivity contribution in [2.45, 2.75) is 51.0 Å². The lowest BCUT2D eigenvalue weighted by Crippen LogP contribution is -2.50. The first-order valence-corrected chi connectivity index (χ1v) is 6.68. The molecular formula is C13H22N2O. The predicted molar refractivity (Wildman–Crippen MR) is 62.4 cm³/mol.